The normalized spacial score (nSPS) is 10.8. The number of thiophene rings is 1. The molecule has 0 aliphatic carbocycles. The standard InChI is InChI=1S/C15H14Cl2OS/c1-8-4-9(2)11(10(3)5-8)6-13(18)12-7-14(16)19-15(12)17/h4-5,7H,6H2,1-3H3. The zero-order valence-electron chi connectivity index (χ0n) is 11.0. The summed E-state index contributed by atoms with van der Waals surface area (Å²) in [6.45, 7) is 6.12. The molecule has 1 heterocycles. The maximum absolute atomic E-state index is 12.3. The first-order valence-electron chi connectivity index (χ1n) is 5.93. The zero-order chi connectivity index (χ0) is 14.2. The topological polar surface area (TPSA) is 17.1 Å². The minimum atomic E-state index is 0.0169. The Labute approximate surface area is 127 Å². The summed E-state index contributed by atoms with van der Waals surface area (Å²) >= 11 is 13.1. The van der Waals surface area contributed by atoms with Crippen LogP contribution in [0.5, 0.6) is 0 Å². The van der Waals surface area contributed by atoms with Gasteiger partial charge in [-0.2, -0.15) is 0 Å². The van der Waals surface area contributed by atoms with Crippen LogP contribution < -0.4 is 0 Å². The van der Waals surface area contributed by atoms with Gasteiger partial charge in [0.2, 0.25) is 0 Å². The van der Waals surface area contributed by atoms with Crippen molar-refractivity contribution in [2.24, 2.45) is 0 Å². The van der Waals surface area contributed by atoms with Crippen LogP contribution in [0.15, 0.2) is 18.2 Å². The molecule has 2 rings (SSSR count). The van der Waals surface area contributed by atoms with Gasteiger partial charge in [0.15, 0.2) is 5.78 Å². The highest BCUT2D eigenvalue weighted by Gasteiger charge is 2.16. The molecule has 4 heteroatoms. The molecule has 0 aliphatic heterocycles. The molecule has 1 nitrogen and oxygen atoms in total. The van der Waals surface area contributed by atoms with Gasteiger partial charge in [-0.15, -0.1) is 11.3 Å². The van der Waals surface area contributed by atoms with Gasteiger partial charge >= 0.3 is 0 Å². The average Bonchev–Trinajstić information content (AvgIpc) is 2.62. The molecule has 0 fully saturated rings. The number of hydrogen-bond acceptors (Lipinski definition) is 2. The summed E-state index contributed by atoms with van der Waals surface area (Å²) in [6, 6.07) is 5.84. The fourth-order valence-corrected chi connectivity index (χ4v) is 3.77. The Morgan fingerprint density at radius 2 is 1.68 bits per heavy atom. The molecule has 0 spiro atoms. The van der Waals surface area contributed by atoms with Crippen LogP contribution in [-0.2, 0) is 6.42 Å². The van der Waals surface area contributed by atoms with Crippen LogP contribution in [-0.4, -0.2) is 5.78 Å². The van der Waals surface area contributed by atoms with Gasteiger partial charge in [-0.1, -0.05) is 40.9 Å². The third-order valence-electron chi connectivity index (χ3n) is 3.13. The Morgan fingerprint density at radius 1 is 1.11 bits per heavy atom. The first kappa shape index (κ1) is 14.6. The summed E-state index contributed by atoms with van der Waals surface area (Å²) in [5, 5.41) is 0. The van der Waals surface area contributed by atoms with E-state index in [1.807, 2.05) is 13.8 Å². The van der Waals surface area contributed by atoms with Crippen LogP contribution in [0, 0.1) is 20.8 Å². The molecule has 1 aromatic carbocycles. The lowest BCUT2D eigenvalue weighted by Crippen LogP contribution is -2.06. The van der Waals surface area contributed by atoms with Crippen LogP contribution in [0.25, 0.3) is 0 Å². The molecule has 0 bridgehead atoms. The number of carbonyl (C=O) groups is 1. The Morgan fingerprint density at radius 3 is 2.16 bits per heavy atom. The average molecular weight is 313 g/mol. The van der Waals surface area contributed by atoms with Gasteiger partial charge in [0, 0.05) is 12.0 Å². The molecule has 0 aliphatic rings. The van der Waals surface area contributed by atoms with E-state index in [0.29, 0.717) is 20.7 Å². The van der Waals surface area contributed by atoms with E-state index in [9.17, 15) is 4.79 Å². The zero-order valence-corrected chi connectivity index (χ0v) is 13.3. The molecular formula is C15H14Cl2OS. The number of hydrogen-bond donors (Lipinski definition) is 0. The molecule has 0 saturated heterocycles. The van der Waals surface area contributed by atoms with E-state index in [4.69, 9.17) is 23.2 Å². The second kappa shape index (κ2) is 5.66. The smallest absolute Gasteiger partial charge is 0.169 e. The fourth-order valence-electron chi connectivity index (χ4n) is 2.27. The number of Topliss-reactive ketones (excluding diaryl/α,β-unsaturated/α-hetero) is 1. The number of carbonyl (C=O) groups excluding carboxylic acids is 1. The van der Waals surface area contributed by atoms with E-state index in [0.717, 1.165) is 16.7 Å². The molecule has 0 saturated carbocycles. The summed E-state index contributed by atoms with van der Waals surface area (Å²) in [6.07, 6.45) is 0.366. The van der Waals surface area contributed by atoms with Gasteiger partial charge < -0.3 is 0 Å². The van der Waals surface area contributed by atoms with Crippen molar-refractivity contribution in [2.45, 2.75) is 27.2 Å². The SMILES string of the molecule is Cc1cc(C)c(CC(=O)c2cc(Cl)sc2Cl)c(C)c1. The van der Waals surface area contributed by atoms with Crippen molar-refractivity contribution >= 4 is 40.3 Å². The quantitative estimate of drug-likeness (QED) is 0.693. The lowest BCUT2D eigenvalue weighted by molar-refractivity contribution is 0.0993. The van der Waals surface area contributed by atoms with E-state index in [-0.39, 0.29) is 5.78 Å². The fraction of sp³-hybridized carbons (Fsp3) is 0.267. The molecule has 1 aromatic heterocycles. The minimum absolute atomic E-state index is 0.0169. The van der Waals surface area contributed by atoms with Gasteiger partial charge in [0.1, 0.15) is 4.34 Å². The molecule has 19 heavy (non-hydrogen) atoms. The van der Waals surface area contributed by atoms with Crippen LogP contribution in [0.1, 0.15) is 32.6 Å². The van der Waals surface area contributed by atoms with Crippen molar-refractivity contribution in [3.05, 3.63) is 54.7 Å². The summed E-state index contributed by atoms with van der Waals surface area (Å²) < 4.78 is 1.02. The van der Waals surface area contributed by atoms with Crippen LogP contribution in [0.2, 0.25) is 8.67 Å². The van der Waals surface area contributed by atoms with Crippen molar-refractivity contribution < 1.29 is 4.79 Å². The Hall–Kier alpha value is -0.830. The first-order valence-corrected chi connectivity index (χ1v) is 7.50. The minimum Gasteiger partial charge on any atom is -0.294 e. The summed E-state index contributed by atoms with van der Waals surface area (Å²) in [5.41, 5.74) is 5.10. The Bertz CT molecular complexity index is 621. The number of aryl methyl sites for hydroxylation is 3. The number of ketones is 1. The van der Waals surface area contributed by atoms with Crippen molar-refractivity contribution in [3.63, 3.8) is 0 Å². The summed E-state index contributed by atoms with van der Waals surface area (Å²) in [4.78, 5) is 12.3. The number of rotatable bonds is 3. The molecule has 100 valence electrons. The molecule has 0 amide bonds. The van der Waals surface area contributed by atoms with Gasteiger partial charge in [-0.3, -0.25) is 4.79 Å². The molecular weight excluding hydrogens is 299 g/mol. The van der Waals surface area contributed by atoms with Crippen LogP contribution >= 0.6 is 34.5 Å². The molecule has 0 unspecified atom stereocenters. The Kier molecular flexibility index (Phi) is 4.34. The van der Waals surface area contributed by atoms with Gasteiger partial charge in [-0.25, -0.2) is 0 Å². The lowest BCUT2D eigenvalue weighted by Gasteiger charge is -2.10. The molecule has 2 aromatic rings. The third-order valence-corrected chi connectivity index (χ3v) is 4.62. The van der Waals surface area contributed by atoms with Gasteiger partial charge in [-0.05, 0) is 43.5 Å². The van der Waals surface area contributed by atoms with Crippen molar-refractivity contribution in [1.29, 1.82) is 0 Å². The largest absolute Gasteiger partial charge is 0.294 e. The molecule has 0 atom stereocenters. The van der Waals surface area contributed by atoms with E-state index >= 15 is 0 Å². The molecule has 0 N–H and O–H groups in total. The first-order chi connectivity index (χ1) is 8.88. The van der Waals surface area contributed by atoms with E-state index in [2.05, 4.69) is 19.1 Å². The molecule has 0 radical (unpaired) electrons. The van der Waals surface area contributed by atoms with Crippen LogP contribution in [0.4, 0.5) is 0 Å². The summed E-state index contributed by atoms with van der Waals surface area (Å²) in [5.74, 6) is 0.0169. The van der Waals surface area contributed by atoms with E-state index in [1.54, 1.807) is 6.07 Å². The highest BCUT2D eigenvalue weighted by atomic mass is 35.5. The van der Waals surface area contributed by atoms with E-state index < -0.39 is 0 Å². The number of halogens is 2. The van der Waals surface area contributed by atoms with Crippen LogP contribution in [0.3, 0.4) is 0 Å². The van der Waals surface area contributed by atoms with E-state index in [1.165, 1.54) is 16.9 Å². The second-order valence-electron chi connectivity index (χ2n) is 4.72. The monoisotopic (exact) mass is 312 g/mol. The predicted molar refractivity (Wildman–Crippen MR) is 83.0 cm³/mol. The maximum Gasteiger partial charge on any atom is 0.169 e. The lowest BCUT2D eigenvalue weighted by atomic mass is 9.94. The van der Waals surface area contributed by atoms with Crippen molar-refractivity contribution in [3.8, 4) is 0 Å². The van der Waals surface area contributed by atoms with Crippen molar-refractivity contribution in [2.75, 3.05) is 0 Å². The van der Waals surface area contributed by atoms with Gasteiger partial charge in [0.25, 0.3) is 0 Å². The Balaban J connectivity index is 2.32. The predicted octanol–water partition coefficient (Wildman–Crippen LogP) is 5.41. The summed E-state index contributed by atoms with van der Waals surface area (Å²) in [7, 11) is 0. The highest BCUT2D eigenvalue weighted by Crippen LogP contribution is 2.32. The second-order valence-corrected chi connectivity index (χ2v) is 7.00. The maximum atomic E-state index is 12.3. The number of benzene rings is 1. The highest BCUT2D eigenvalue weighted by molar-refractivity contribution is 7.20. The third kappa shape index (κ3) is 3.19. The van der Waals surface area contributed by atoms with Gasteiger partial charge in [0.05, 0.1) is 4.34 Å². The van der Waals surface area contributed by atoms with Crippen molar-refractivity contribution in [1.82, 2.24) is 0 Å².